The van der Waals surface area contributed by atoms with Gasteiger partial charge in [0.2, 0.25) is 0 Å². The van der Waals surface area contributed by atoms with Crippen LogP contribution >= 0.6 is 0 Å². The molecule has 0 amide bonds. The SMILES string of the molecule is Cc1cccc(OCCC(N)Cc2cc(F)ccc2F)c1. The minimum atomic E-state index is -0.449. The van der Waals surface area contributed by atoms with Gasteiger partial charge in [-0.1, -0.05) is 12.1 Å². The van der Waals surface area contributed by atoms with Crippen LogP contribution in [0.15, 0.2) is 42.5 Å². The summed E-state index contributed by atoms with van der Waals surface area (Å²) in [7, 11) is 0. The molecular formula is C17H19F2NO. The first-order chi connectivity index (χ1) is 10.0. The molecule has 4 heteroatoms. The highest BCUT2D eigenvalue weighted by molar-refractivity contribution is 5.27. The van der Waals surface area contributed by atoms with Crippen LogP contribution in [0.1, 0.15) is 17.5 Å². The van der Waals surface area contributed by atoms with Gasteiger partial charge in [0.25, 0.3) is 0 Å². The second kappa shape index (κ2) is 7.18. The fourth-order valence-electron chi connectivity index (χ4n) is 2.12. The largest absolute Gasteiger partial charge is 0.494 e. The number of hydrogen-bond donors (Lipinski definition) is 1. The van der Waals surface area contributed by atoms with Crippen LogP contribution in [0.2, 0.25) is 0 Å². The number of nitrogens with two attached hydrogens (primary N) is 1. The Hall–Kier alpha value is -1.94. The van der Waals surface area contributed by atoms with Gasteiger partial charge in [-0.3, -0.25) is 0 Å². The van der Waals surface area contributed by atoms with Crippen LogP contribution in [-0.2, 0) is 6.42 Å². The molecule has 1 atom stereocenters. The van der Waals surface area contributed by atoms with E-state index in [2.05, 4.69) is 0 Å². The summed E-state index contributed by atoms with van der Waals surface area (Å²) >= 11 is 0. The molecule has 1 unspecified atom stereocenters. The maximum atomic E-state index is 13.5. The molecular weight excluding hydrogens is 272 g/mol. The summed E-state index contributed by atoms with van der Waals surface area (Å²) in [5, 5.41) is 0. The van der Waals surface area contributed by atoms with Crippen molar-refractivity contribution in [2.45, 2.75) is 25.8 Å². The Bertz CT molecular complexity index is 601. The fourth-order valence-corrected chi connectivity index (χ4v) is 2.12. The molecule has 0 aliphatic heterocycles. The second-order valence-corrected chi connectivity index (χ2v) is 5.15. The van der Waals surface area contributed by atoms with Crippen molar-refractivity contribution in [2.75, 3.05) is 6.61 Å². The molecule has 2 aromatic rings. The van der Waals surface area contributed by atoms with E-state index in [1.54, 1.807) is 0 Å². The molecule has 2 aromatic carbocycles. The van der Waals surface area contributed by atoms with Gasteiger partial charge in [0.1, 0.15) is 17.4 Å². The van der Waals surface area contributed by atoms with Gasteiger partial charge in [0, 0.05) is 6.04 Å². The Labute approximate surface area is 123 Å². The number of aryl methyl sites for hydroxylation is 1. The van der Waals surface area contributed by atoms with Crippen LogP contribution in [-0.4, -0.2) is 12.6 Å². The number of hydrogen-bond acceptors (Lipinski definition) is 2. The zero-order chi connectivity index (χ0) is 15.2. The minimum absolute atomic E-state index is 0.272. The Balaban J connectivity index is 1.82. The highest BCUT2D eigenvalue weighted by Gasteiger charge is 2.10. The van der Waals surface area contributed by atoms with Crippen LogP contribution in [0.25, 0.3) is 0 Å². The van der Waals surface area contributed by atoms with Crippen molar-refractivity contribution in [1.82, 2.24) is 0 Å². The second-order valence-electron chi connectivity index (χ2n) is 5.15. The lowest BCUT2D eigenvalue weighted by atomic mass is 10.0. The summed E-state index contributed by atoms with van der Waals surface area (Å²) in [6, 6.07) is 10.9. The normalized spacial score (nSPS) is 12.2. The molecule has 0 bridgehead atoms. The van der Waals surface area contributed by atoms with Crippen LogP contribution in [0, 0.1) is 18.6 Å². The van der Waals surface area contributed by atoms with E-state index in [9.17, 15) is 8.78 Å². The van der Waals surface area contributed by atoms with Crippen molar-refractivity contribution in [2.24, 2.45) is 5.73 Å². The lowest BCUT2D eigenvalue weighted by Crippen LogP contribution is -2.25. The molecule has 112 valence electrons. The smallest absolute Gasteiger partial charge is 0.126 e. The molecule has 0 aromatic heterocycles. The maximum absolute atomic E-state index is 13.5. The van der Waals surface area contributed by atoms with Gasteiger partial charge in [-0.05, 0) is 61.2 Å². The van der Waals surface area contributed by atoms with E-state index >= 15 is 0 Å². The zero-order valence-electron chi connectivity index (χ0n) is 12.0. The molecule has 0 fully saturated rings. The third-order valence-corrected chi connectivity index (χ3v) is 3.24. The maximum Gasteiger partial charge on any atom is 0.126 e. The van der Waals surface area contributed by atoms with Crippen LogP contribution < -0.4 is 10.5 Å². The summed E-state index contributed by atoms with van der Waals surface area (Å²) in [6.45, 7) is 2.44. The Kier molecular flexibility index (Phi) is 5.28. The van der Waals surface area contributed by atoms with E-state index in [0.717, 1.165) is 23.4 Å². The number of benzene rings is 2. The molecule has 21 heavy (non-hydrogen) atoms. The molecule has 0 aliphatic rings. The lowest BCUT2D eigenvalue weighted by Gasteiger charge is -2.13. The minimum Gasteiger partial charge on any atom is -0.494 e. The highest BCUT2D eigenvalue weighted by Crippen LogP contribution is 2.14. The lowest BCUT2D eigenvalue weighted by molar-refractivity contribution is 0.296. The molecule has 0 heterocycles. The first-order valence-electron chi connectivity index (χ1n) is 6.93. The molecule has 2 N–H and O–H groups in total. The molecule has 0 radical (unpaired) electrons. The van der Waals surface area contributed by atoms with E-state index in [1.165, 1.54) is 6.07 Å². The first-order valence-corrected chi connectivity index (χ1v) is 6.93. The van der Waals surface area contributed by atoms with Crippen molar-refractivity contribution in [3.63, 3.8) is 0 Å². The molecule has 0 aliphatic carbocycles. The van der Waals surface area contributed by atoms with Crippen molar-refractivity contribution < 1.29 is 13.5 Å². The third-order valence-electron chi connectivity index (χ3n) is 3.24. The molecule has 0 saturated carbocycles. The standard InChI is InChI=1S/C17H19F2NO/c1-12-3-2-4-16(9-12)21-8-7-15(20)11-13-10-14(18)5-6-17(13)19/h2-6,9-10,15H,7-8,11,20H2,1H3. The monoisotopic (exact) mass is 291 g/mol. The van der Waals surface area contributed by atoms with Crippen molar-refractivity contribution in [1.29, 1.82) is 0 Å². The van der Waals surface area contributed by atoms with Crippen LogP contribution in [0.5, 0.6) is 5.75 Å². The van der Waals surface area contributed by atoms with E-state index in [-0.39, 0.29) is 6.04 Å². The number of halogens is 2. The summed E-state index contributed by atoms with van der Waals surface area (Å²) in [4.78, 5) is 0. The van der Waals surface area contributed by atoms with Crippen molar-refractivity contribution in [3.8, 4) is 5.75 Å². The number of ether oxygens (including phenoxy) is 1. The molecule has 0 saturated heterocycles. The predicted octanol–water partition coefficient (Wildman–Crippen LogP) is 3.61. The van der Waals surface area contributed by atoms with E-state index in [4.69, 9.17) is 10.5 Å². The van der Waals surface area contributed by atoms with Gasteiger partial charge >= 0.3 is 0 Å². The van der Waals surface area contributed by atoms with Gasteiger partial charge < -0.3 is 10.5 Å². The van der Waals surface area contributed by atoms with Gasteiger partial charge in [-0.15, -0.1) is 0 Å². The average Bonchev–Trinajstić information content (AvgIpc) is 2.43. The van der Waals surface area contributed by atoms with E-state index in [0.29, 0.717) is 25.0 Å². The summed E-state index contributed by atoms with van der Waals surface area (Å²) in [5.74, 6) is -0.0831. The van der Waals surface area contributed by atoms with Gasteiger partial charge in [0.05, 0.1) is 6.61 Å². The average molecular weight is 291 g/mol. The molecule has 0 spiro atoms. The van der Waals surface area contributed by atoms with E-state index < -0.39 is 11.6 Å². The molecule has 2 rings (SSSR count). The summed E-state index contributed by atoms with van der Waals surface area (Å²) < 4.78 is 32.2. The summed E-state index contributed by atoms with van der Waals surface area (Å²) in [6.07, 6.45) is 0.866. The first kappa shape index (κ1) is 15.4. The van der Waals surface area contributed by atoms with Crippen LogP contribution in [0.4, 0.5) is 8.78 Å². The van der Waals surface area contributed by atoms with Crippen LogP contribution in [0.3, 0.4) is 0 Å². The number of rotatable bonds is 6. The highest BCUT2D eigenvalue weighted by atomic mass is 19.1. The van der Waals surface area contributed by atoms with Gasteiger partial charge in [0.15, 0.2) is 0 Å². The summed E-state index contributed by atoms with van der Waals surface area (Å²) in [5.41, 5.74) is 7.38. The predicted molar refractivity (Wildman–Crippen MR) is 79.3 cm³/mol. The Morgan fingerprint density at radius 1 is 1.14 bits per heavy atom. The fraction of sp³-hybridized carbons (Fsp3) is 0.294. The van der Waals surface area contributed by atoms with E-state index in [1.807, 2.05) is 31.2 Å². The zero-order valence-corrected chi connectivity index (χ0v) is 12.0. The van der Waals surface area contributed by atoms with Crippen molar-refractivity contribution >= 4 is 0 Å². The quantitative estimate of drug-likeness (QED) is 0.882. The Morgan fingerprint density at radius 3 is 2.71 bits per heavy atom. The topological polar surface area (TPSA) is 35.2 Å². The third kappa shape index (κ3) is 4.83. The van der Waals surface area contributed by atoms with Gasteiger partial charge in [-0.2, -0.15) is 0 Å². The van der Waals surface area contributed by atoms with Gasteiger partial charge in [-0.25, -0.2) is 8.78 Å². The molecule has 2 nitrogen and oxygen atoms in total. The van der Waals surface area contributed by atoms with Crippen molar-refractivity contribution in [3.05, 3.63) is 65.2 Å². The Morgan fingerprint density at radius 2 is 1.95 bits per heavy atom.